The number of carbonyl (C=O) groups excluding carboxylic acids is 2. The molecular weight excluding hydrogens is 346 g/mol. The number of hydrogen-bond donors (Lipinski definition) is 2. The second-order valence-corrected chi connectivity index (χ2v) is 6.42. The number of rotatable bonds is 5. The Morgan fingerprint density at radius 1 is 1.32 bits per heavy atom. The van der Waals surface area contributed by atoms with E-state index in [0.29, 0.717) is 26.1 Å². The molecule has 1 aromatic rings. The molecule has 2 N–H and O–H groups in total. The van der Waals surface area contributed by atoms with Crippen molar-refractivity contribution in [3.05, 3.63) is 28.7 Å². The number of nitrogens with zero attached hydrogens (tertiary/aromatic N) is 1. The Morgan fingerprint density at radius 3 is 2.68 bits per heavy atom. The van der Waals surface area contributed by atoms with E-state index in [1.165, 1.54) is 0 Å². The first-order valence-electron chi connectivity index (χ1n) is 7.59. The summed E-state index contributed by atoms with van der Waals surface area (Å²) in [6, 6.07) is 7.57. The van der Waals surface area contributed by atoms with Gasteiger partial charge in [0.05, 0.1) is 0 Å². The molecule has 1 aliphatic heterocycles. The van der Waals surface area contributed by atoms with E-state index in [9.17, 15) is 9.59 Å². The lowest BCUT2D eigenvalue weighted by molar-refractivity contribution is -0.134. The van der Waals surface area contributed by atoms with E-state index in [1.807, 2.05) is 36.2 Å². The largest absolute Gasteiger partial charge is 0.343 e. The van der Waals surface area contributed by atoms with Gasteiger partial charge in [0, 0.05) is 42.1 Å². The minimum Gasteiger partial charge on any atom is -0.343 e. The van der Waals surface area contributed by atoms with E-state index in [0.717, 1.165) is 23.0 Å². The Morgan fingerprint density at radius 2 is 2.05 bits per heavy atom. The molecule has 0 spiro atoms. The Balaban J connectivity index is 1.81. The number of nitrogens with one attached hydrogen (secondary N) is 2. The summed E-state index contributed by atoms with van der Waals surface area (Å²) in [5.74, 6) is 0.188. The molecule has 1 heterocycles. The summed E-state index contributed by atoms with van der Waals surface area (Å²) in [6.45, 7) is 2.03. The van der Waals surface area contributed by atoms with Crippen LogP contribution in [0.4, 0.5) is 5.69 Å². The molecule has 1 saturated heterocycles. The average Bonchev–Trinajstić information content (AvgIpc) is 2.52. The highest BCUT2D eigenvalue weighted by molar-refractivity contribution is 9.10. The summed E-state index contributed by atoms with van der Waals surface area (Å²) < 4.78 is 0.940. The molecule has 2 rings (SSSR count). The molecule has 0 aromatic heterocycles. The van der Waals surface area contributed by atoms with Gasteiger partial charge in [0.25, 0.3) is 0 Å². The van der Waals surface area contributed by atoms with Crippen LogP contribution in [0.1, 0.15) is 19.3 Å². The Bertz CT molecular complexity index is 528. The van der Waals surface area contributed by atoms with Gasteiger partial charge in [-0.25, -0.2) is 0 Å². The van der Waals surface area contributed by atoms with Crippen molar-refractivity contribution < 1.29 is 9.59 Å². The Labute approximate surface area is 139 Å². The number of amides is 2. The molecule has 0 bridgehead atoms. The first-order chi connectivity index (χ1) is 10.6. The molecule has 0 saturated carbocycles. The van der Waals surface area contributed by atoms with Crippen LogP contribution >= 0.6 is 15.9 Å². The van der Waals surface area contributed by atoms with Gasteiger partial charge in [-0.1, -0.05) is 22.0 Å². The first-order valence-corrected chi connectivity index (χ1v) is 8.38. The zero-order chi connectivity index (χ0) is 15.9. The lowest BCUT2D eigenvalue weighted by Gasteiger charge is -2.31. The zero-order valence-electron chi connectivity index (χ0n) is 12.8. The predicted octanol–water partition coefficient (Wildman–Crippen LogP) is 2.24. The summed E-state index contributed by atoms with van der Waals surface area (Å²) >= 11 is 3.39. The van der Waals surface area contributed by atoms with Crippen LogP contribution < -0.4 is 10.6 Å². The Hall–Kier alpha value is -1.40. The topological polar surface area (TPSA) is 61.4 Å². The molecule has 0 radical (unpaired) electrons. The van der Waals surface area contributed by atoms with Crippen LogP contribution in [0.5, 0.6) is 0 Å². The fraction of sp³-hybridized carbons (Fsp3) is 0.500. The number of piperidine rings is 1. The van der Waals surface area contributed by atoms with Gasteiger partial charge in [0.2, 0.25) is 11.8 Å². The number of carbonyl (C=O) groups is 2. The second kappa shape index (κ2) is 8.29. The molecule has 0 atom stereocenters. The van der Waals surface area contributed by atoms with Gasteiger partial charge in [-0.05, 0) is 38.1 Å². The highest BCUT2D eigenvalue weighted by atomic mass is 79.9. The zero-order valence-corrected chi connectivity index (χ0v) is 14.4. The third kappa shape index (κ3) is 4.81. The van der Waals surface area contributed by atoms with E-state index in [4.69, 9.17) is 0 Å². The van der Waals surface area contributed by atoms with Gasteiger partial charge in [0.1, 0.15) is 0 Å². The van der Waals surface area contributed by atoms with E-state index >= 15 is 0 Å². The van der Waals surface area contributed by atoms with Gasteiger partial charge in [-0.15, -0.1) is 0 Å². The SMILES string of the molecule is CNCCC(=O)N1CCC(C(=O)Nc2cccc(Br)c2)CC1. The minimum absolute atomic E-state index is 0.0210. The molecule has 0 aliphatic carbocycles. The van der Waals surface area contributed by atoms with Crippen LogP contribution in [-0.2, 0) is 9.59 Å². The van der Waals surface area contributed by atoms with Crippen molar-refractivity contribution in [1.29, 1.82) is 0 Å². The summed E-state index contributed by atoms with van der Waals surface area (Å²) in [4.78, 5) is 26.1. The average molecular weight is 368 g/mol. The molecule has 22 heavy (non-hydrogen) atoms. The number of hydrogen-bond acceptors (Lipinski definition) is 3. The standard InChI is InChI=1S/C16H22BrN3O2/c1-18-8-5-15(21)20-9-6-12(7-10-20)16(22)19-14-4-2-3-13(17)11-14/h2-4,11-12,18H,5-10H2,1H3,(H,19,22). The number of anilines is 1. The molecule has 0 unspecified atom stereocenters. The van der Waals surface area contributed by atoms with Gasteiger partial charge in [-0.2, -0.15) is 0 Å². The maximum atomic E-state index is 12.3. The van der Waals surface area contributed by atoms with Crippen LogP contribution in [0.25, 0.3) is 0 Å². The Kier molecular flexibility index (Phi) is 6.39. The molecule has 1 fully saturated rings. The molecule has 2 amide bonds. The van der Waals surface area contributed by atoms with Crippen molar-refractivity contribution >= 4 is 33.4 Å². The van der Waals surface area contributed by atoms with E-state index in [2.05, 4.69) is 26.6 Å². The van der Waals surface area contributed by atoms with E-state index < -0.39 is 0 Å². The fourth-order valence-electron chi connectivity index (χ4n) is 2.59. The highest BCUT2D eigenvalue weighted by Gasteiger charge is 2.27. The monoisotopic (exact) mass is 367 g/mol. The molecular formula is C16H22BrN3O2. The van der Waals surface area contributed by atoms with Crippen LogP contribution in [0, 0.1) is 5.92 Å². The van der Waals surface area contributed by atoms with Gasteiger partial charge < -0.3 is 15.5 Å². The molecule has 120 valence electrons. The number of likely N-dealkylation sites (tertiary alicyclic amines) is 1. The minimum atomic E-state index is -0.0210. The second-order valence-electron chi connectivity index (χ2n) is 5.51. The van der Waals surface area contributed by atoms with E-state index in [1.54, 1.807) is 0 Å². The van der Waals surface area contributed by atoms with Crippen LogP contribution in [-0.4, -0.2) is 43.4 Å². The molecule has 1 aromatic carbocycles. The summed E-state index contributed by atoms with van der Waals surface area (Å²) in [7, 11) is 1.84. The smallest absolute Gasteiger partial charge is 0.227 e. The maximum absolute atomic E-state index is 12.3. The quantitative estimate of drug-likeness (QED) is 0.838. The van der Waals surface area contributed by atoms with Crippen LogP contribution in [0.15, 0.2) is 28.7 Å². The summed E-state index contributed by atoms with van der Waals surface area (Å²) in [5.41, 5.74) is 0.798. The first kappa shape index (κ1) is 17.0. The summed E-state index contributed by atoms with van der Waals surface area (Å²) in [5, 5.41) is 5.93. The van der Waals surface area contributed by atoms with Crippen molar-refractivity contribution in [3.63, 3.8) is 0 Å². The van der Waals surface area contributed by atoms with Crippen molar-refractivity contribution in [1.82, 2.24) is 10.2 Å². The van der Waals surface area contributed by atoms with Crippen LogP contribution in [0.2, 0.25) is 0 Å². The van der Waals surface area contributed by atoms with Crippen LogP contribution in [0.3, 0.4) is 0 Å². The van der Waals surface area contributed by atoms with Gasteiger partial charge in [0.15, 0.2) is 0 Å². The lowest BCUT2D eigenvalue weighted by Crippen LogP contribution is -2.42. The fourth-order valence-corrected chi connectivity index (χ4v) is 2.99. The van der Waals surface area contributed by atoms with Crippen molar-refractivity contribution in [3.8, 4) is 0 Å². The normalized spacial score (nSPS) is 15.6. The molecule has 5 nitrogen and oxygen atoms in total. The molecule has 6 heteroatoms. The predicted molar refractivity (Wildman–Crippen MR) is 90.6 cm³/mol. The number of halogens is 1. The number of benzene rings is 1. The van der Waals surface area contributed by atoms with Gasteiger partial charge >= 0.3 is 0 Å². The van der Waals surface area contributed by atoms with E-state index in [-0.39, 0.29) is 17.7 Å². The van der Waals surface area contributed by atoms with Crippen molar-refractivity contribution in [2.45, 2.75) is 19.3 Å². The third-order valence-electron chi connectivity index (χ3n) is 3.90. The van der Waals surface area contributed by atoms with Gasteiger partial charge in [-0.3, -0.25) is 9.59 Å². The highest BCUT2D eigenvalue weighted by Crippen LogP contribution is 2.21. The van der Waals surface area contributed by atoms with Crippen molar-refractivity contribution in [2.24, 2.45) is 5.92 Å². The third-order valence-corrected chi connectivity index (χ3v) is 4.39. The summed E-state index contributed by atoms with van der Waals surface area (Å²) in [6.07, 6.45) is 1.97. The molecule has 1 aliphatic rings. The van der Waals surface area contributed by atoms with Crippen molar-refractivity contribution in [2.75, 3.05) is 32.0 Å². The lowest BCUT2D eigenvalue weighted by atomic mass is 9.95. The maximum Gasteiger partial charge on any atom is 0.227 e.